The first-order valence-corrected chi connectivity index (χ1v) is 5.89. The second-order valence-electron chi connectivity index (χ2n) is 4.21. The molecule has 0 amide bonds. The molecule has 1 atom stereocenters. The molecule has 3 heteroatoms. The van der Waals surface area contributed by atoms with Gasteiger partial charge in [0, 0.05) is 6.61 Å². The van der Waals surface area contributed by atoms with Crippen LogP contribution in [0.15, 0.2) is 0 Å². The maximum absolute atomic E-state index is 5.95. The van der Waals surface area contributed by atoms with Gasteiger partial charge in [-0.05, 0) is 26.2 Å². The van der Waals surface area contributed by atoms with Crippen LogP contribution >= 0.6 is 0 Å². The number of hydrazine groups is 1. The Balaban J connectivity index is 2.62. The van der Waals surface area contributed by atoms with Crippen molar-refractivity contribution in [1.82, 2.24) is 5.43 Å². The molecule has 0 spiro atoms. The first-order valence-electron chi connectivity index (χ1n) is 5.89. The molecule has 3 nitrogen and oxygen atoms in total. The third-order valence-electron chi connectivity index (χ3n) is 3.30. The average Bonchev–Trinajstić information content (AvgIpc) is 2.64. The molecule has 0 saturated heterocycles. The SMILES string of the molecule is CCCC(NN)C1(OCC)CCCC1. The summed E-state index contributed by atoms with van der Waals surface area (Å²) in [6.07, 6.45) is 7.15. The predicted octanol–water partition coefficient (Wildman–Crippen LogP) is 1.97. The van der Waals surface area contributed by atoms with Crippen molar-refractivity contribution in [3.05, 3.63) is 0 Å². The van der Waals surface area contributed by atoms with Crippen LogP contribution in [0.4, 0.5) is 0 Å². The summed E-state index contributed by atoms with van der Waals surface area (Å²) in [6, 6.07) is 0.329. The molecule has 1 aliphatic carbocycles. The highest BCUT2D eigenvalue weighted by atomic mass is 16.5. The van der Waals surface area contributed by atoms with E-state index in [0.717, 1.165) is 32.3 Å². The molecule has 0 heterocycles. The first kappa shape index (κ1) is 12.0. The molecular formula is C11H24N2O. The van der Waals surface area contributed by atoms with E-state index in [1.807, 2.05) is 0 Å². The largest absolute Gasteiger partial charge is 0.374 e. The van der Waals surface area contributed by atoms with Crippen LogP contribution in [-0.4, -0.2) is 18.2 Å². The molecule has 0 aromatic heterocycles. The zero-order valence-corrected chi connectivity index (χ0v) is 9.51. The third kappa shape index (κ3) is 2.47. The topological polar surface area (TPSA) is 47.3 Å². The van der Waals surface area contributed by atoms with Gasteiger partial charge in [0.15, 0.2) is 0 Å². The molecule has 1 saturated carbocycles. The summed E-state index contributed by atoms with van der Waals surface area (Å²) in [6.45, 7) is 5.06. The lowest BCUT2D eigenvalue weighted by Crippen LogP contribution is -2.53. The molecule has 0 aliphatic heterocycles. The van der Waals surface area contributed by atoms with Crippen LogP contribution in [0.25, 0.3) is 0 Å². The fraction of sp³-hybridized carbons (Fsp3) is 1.00. The molecule has 3 N–H and O–H groups in total. The summed E-state index contributed by atoms with van der Waals surface area (Å²) in [5.74, 6) is 5.62. The maximum atomic E-state index is 5.95. The summed E-state index contributed by atoms with van der Waals surface area (Å²) in [4.78, 5) is 0. The van der Waals surface area contributed by atoms with Gasteiger partial charge in [0.2, 0.25) is 0 Å². The Morgan fingerprint density at radius 3 is 2.43 bits per heavy atom. The van der Waals surface area contributed by atoms with Gasteiger partial charge >= 0.3 is 0 Å². The summed E-state index contributed by atoms with van der Waals surface area (Å²) in [7, 11) is 0. The van der Waals surface area contributed by atoms with Crippen LogP contribution in [0.1, 0.15) is 52.4 Å². The smallest absolute Gasteiger partial charge is 0.0848 e. The Labute approximate surface area is 87.4 Å². The quantitative estimate of drug-likeness (QED) is 0.509. The lowest BCUT2D eigenvalue weighted by Gasteiger charge is -2.37. The molecule has 0 radical (unpaired) electrons. The Hall–Kier alpha value is -0.120. The summed E-state index contributed by atoms with van der Waals surface area (Å²) in [5.41, 5.74) is 2.97. The van der Waals surface area contributed by atoms with Gasteiger partial charge in [0.05, 0.1) is 11.6 Å². The normalized spacial score (nSPS) is 22.5. The van der Waals surface area contributed by atoms with E-state index in [1.54, 1.807) is 0 Å². The van der Waals surface area contributed by atoms with E-state index in [4.69, 9.17) is 10.6 Å². The minimum Gasteiger partial charge on any atom is -0.374 e. The van der Waals surface area contributed by atoms with Crippen molar-refractivity contribution >= 4 is 0 Å². The van der Waals surface area contributed by atoms with Crippen LogP contribution in [0.5, 0.6) is 0 Å². The van der Waals surface area contributed by atoms with Gasteiger partial charge in [0.25, 0.3) is 0 Å². The molecule has 14 heavy (non-hydrogen) atoms. The number of hydrogen-bond donors (Lipinski definition) is 2. The molecule has 1 unspecified atom stereocenters. The van der Waals surface area contributed by atoms with Crippen molar-refractivity contribution < 1.29 is 4.74 Å². The summed E-state index contributed by atoms with van der Waals surface area (Å²) >= 11 is 0. The first-order chi connectivity index (χ1) is 6.79. The van der Waals surface area contributed by atoms with Gasteiger partial charge in [-0.25, -0.2) is 0 Å². The molecular weight excluding hydrogens is 176 g/mol. The van der Waals surface area contributed by atoms with Crippen molar-refractivity contribution in [2.24, 2.45) is 5.84 Å². The van der Waals surface area contributed by atoms with E-state index in [-0.39, 0.29) is 5.60 Å². The highest BCUT2D eigenvalue weighted by Crippen LogP contribution is 2.37. The average molecular weight is 200 g/mol. The van der Waals surface area contributed by atoms with Crippen molar-refractivity contribution in [1.29, 1.82) is 0 Å². The number of rotatable bonds is 6. The summed E-state index contributed by atoms with van der Waals surface area (Å²) in [5, 5.41) is 0. The van der Waals surface area contributed by atoms with E-state index < -0.39 is 0 Å². The minimum absolute atomic E-state index is 0.0273. The number of nitrogens with one attached hydrogen (secondary N) is 1. The molecule has 1 aliphatic rings. The lowest BCUT2D eigenvalue weighted by molar-refractivity contribution is -0.0634. The second-order valence-corrected chi connectivity index (χ2v) is 4.21. The van der Waals surface area contributed by atoms with Crippen LogP contribution < -0.4 is 11.3 Å². The van der Waals surface area contributed by atoms with Crippen molar-refractivity contribution in [3.63, 3.8) is 0 Å². The predicted molar refractivity (Wildman–Crippen MR) is 58.8 cm³/mol. The van der Waals surface area contributed by atoms with Gasteiger partial charge in [-0.1, -0.05) is 26.2 Å². The molecule has 84 valence electrons. The molecule has 0 aromatic rings. The van der Waals surface area contributed by atoms with Gasteiger partial charge in [0.1, 0.15) is 0 Å². The highest BCUT2D eigenvalue weighted by Gasteiger charge is 2.41. The monoisotopic (exact) mass is 200 g/mol. The zero-order chi connectivity index (χ0) is 10.4. The molecule has 0 aromatic carbocycles. The van der Waals surface area contributed by atoms with Crippen molar-refractivity contribution in [2.75, 3.05) is 6.61 Å². The Morgan fingerprint density at radius 1 is 1.36 bits per heavy atom. The van der Waals surface area contributed by atoms with Crippen LogP contribution in [0.2, 0.25) is 0 Å². The lowest BCUT2D eigenvalue weighted by atomic mass is 9.89. The minimum atomic E-state index is 0.0273. The van der Waals surface area contributed by atoms with Gasteiger partial charge < -0.3 is 4.74 Å². The fourth-order valence-electron chi connectivity index (χ4n) is 2.64. The van der Waals surface area contributed by atoms with Gasteiger partial charge in [-0.3, -0.25) is 11.3 Å². The Bertz CT molecular complexity index is 155. The molecule has 0 bridgehead atoms. The fourth-order valence-corrected chi connectivity index (χ4v) is 2.64. The molecule has 1 fully saturated rings. The third-order valence-corrected chi connectivity index (χ3v) is 3.30. The van der Waals surface area contributed by atoms with E-state index in [9.17, 15) is 0 Å². The zero-order valence-electron chi connectivity index (χ0n) is 9.51. The van der Waals surface area contributed by atoms with Crippen LogP contribution in [-0.2, 0) is 4.74 Å². The summed E-state index contributed by atoms with van der Waals surface area (Å²) < 4.78 is 5.95. The van der Waals surface area contributed by atoms with E-state index in [2.05, 4.69) is 19.3 Å². The highest BCUT2D eigenvalue weighted by molar-refractivity contribution is 4.96. The van der Waals surface area contributed by atoms with Crippen molar-refractivity contribution in [3.8, 4) is 0 Å². The van der Waals surface area contributed by atoms with Crippen LogP contribution in [0.3, 0.4) is 0 Å². The number of hydrogen-bond acceptors (Lipinski definition) is 3. The van der Waals surface area contributed by atoms with Crippen molar-refractivity contribution in [2.45, 2.75) is 64.0 Å². The van der Waals surface area contributed by atoms with E-state index in [1.165, 1.54) is 12.8 Å². The van der Waals surface area contributed by atoms with E-state index >= 15 is 0 Å². The Morgan fingerprint density at radius 2 is 2.00 bits per heavy atom. The number of nitrogens with two attached hydrogens (primary N) is 1. The standard InChI is InChI=1S/C11H24N2O/c1-3-7-10(13-12)11(14-4-2)8-5-6-9-11/h10,13H,3-9,12H2,1-2H3. The Kier molecular flexibility index (Phi) is 4.85. The van der Waals surface area contributed by atoms with E-state index in [0.29, 0.717) is 6.04 Å². The second kappa shape index (κ2) is 5.69. The van der Waals surface area contributed by atoms with Gasteiger partial charge in [-0.2, -0.15) is 0 Å². The van der Waals surface area contributed by atoms with Gasteiger partial charge in [-0.15, -0.1) is 0 Å². The van der Waals surface area contributed by atoms with Crippen LogP contribution in [0, 0.1) is 0 Å². The molecule has 1 rings (SSSR count). The maximum Gasteiger partial charge on any atom is 0.0848 e. The number of ether oxygens (including phenoxy) is 1.